The molecule has 0 amide bonds. The van der Waals surface area contributed by atoms with Crippen molar-refractivity contribution < 1.29 is 4.74 Å². The number of nitrogen functional groups attached to an aromatic ring is 1. The van der Waals surface area contributed by atoms with Gasteiger partial charge in [-0.1, -0.05) is 0 Å². The van der Waals surface area contributed by atoms with Crippen LogP contribution in [0.1, 0.15) is 13.8 Å². The van der Waals surface area contributed by atoms with Crippen LogP contribution in [0.3, 0.4) is 0 Å². The molecule has 0 aliphatic carbocycles. The molecule has 1 saturated heterocycles. The lowest BCUT2D eigenvalue weighted by molar-refractivity contribution is -0.00539. The van der Waals surface area contributed by atoms with E-state index in [0.717, 1.165) is 35.7 Å². The van der Waals surface area contributed by atoms with Gasteiger partial charge in [0.1, 0.15) is 5.52 Å². The van der Waals surface area contributed by atoms with Gasteiger partial charge in [0.25, 0.3) is 0 Å². The Bertz CT molecular complexity index is 847. The molecular weight excluding hydrogens is 302 g/mol. The van der Waals surface area contributed by atoms with Crippen LogP contribution in [0.5, 0.6) is 0 Å². The standard InChI is InChI=1S/C18H21N5O/c1-12-10-22(11-13(2)24-12)18-16-4-3-9-23(16)21-17(20-18)14-5-7-15(19)8-6-14/h3-9,12-13H,10-11,19H2,1-2H3/t12-,13+. The van der Waals surface area contributed by atoms with E-state index in [0.29, 0.717) is 5.82 Å². The quantitative estimate of drug-likeness (QED) is 0.734. The van der Waals surface area contributed by atoms with Gasteiger partial charge in [-0.25, -0.2) is 9.50 Å². The zero-order valence-corrected chi connectivity index (χ0v) is 13.9. The number of nitrogens with zero attached hydrogens (tertiary/aromatic N) is 4. The number of rotatable bonds is 2. The lowest BCUT2D eigenvalue weighted by atomic mass is 10.2. The molecule has 2 atom stereocenters. The van der Waals surface area contributed by atoms with Crippen molar-refractivity contribution in [3.05, 3.63) is 42.6 Å². The molecule has 124 valence electrons. The van der Waals surface area contributed by atoms with Gasteiger partial charge in [0, 0.05) is 30.5 Å². The summed E-state index contributed by atoms with van der Waals surface area (Å²) in [6.45, 7) is 5.84. The highest BCUT2D eigenvalue weighted by atomic mass is 16.5. The summed E-state index contributed by atoms with van der Waals surface area (Å²) < 4.78 is 7.74. The Kier molecular flexibility index (Phi) is 3.61. The molecule has 0 spiro atoms. The highest BCUT2D eigenvalue weighted by molar-refractivity contribution is 5.72. The minimum atomic E-state index is 0.179. The lowest BCUT2D eigenvalue weighted by Crippen LogP contribution is -2.46. The Labute approximate surface area is 140 Å². The number of ether oxygens (including phenoxy) is 1. The predicted molar refractivity (Wildman–Crippen MR) is 95.1 cm³/mol. The van der Waals surface area contributed by atoms with Crippen LogP contribution in [0.25, 0.3) is 16.9 Å². The lowest BCUT2D eigenvalue weighted by Gasteiger charge is -2.36. The summed E-state index contributed by atoms with van der Waals surface area (Å²) in [5.41, 5.74) is 8.48. The Morgan fingerprint density at radius 1 is 1.08 bits per heavy atom. The van der Waals surface area contributed by atoms with Crippen molar-refractivity contribution in [3.8, 4) is 11.4 Å². The number of anilines is 2. The van der Waals surface area contributed by atoms with Crippen molar-refractivity contribution in [3.63, 3.8) is 0 Å². The molecule has 24 heavy (non-hydrogen) atoms. The minimum absolute atomic E-state index is 0.179. The summed E-state index contributed by atoms with van der Waals surface area (Å²) in [6, 6.07) is 11.7. The molecular formula is C18H21N5O. The van der Waals surface area contributed by atoms with E-state index in [1.165, 1.54) is 0 Å². The summed E-state index contributed by atoms with van der Waals surface area (Å²) in [6.07, 6.45) is 2.31. The SMILES string of the molecule is C[C@@H]1CN(c2nc(-c3ccc(N)cc3)nn3cccc23)C[C@H](C)O1. The van der Waals surface area contributed by atoms with Gasteiger partial charge in [0.05, 0.1) is 12.2 Å². The number of benzene rings is 1. The van der Waals surface area contributed by atoms with E-state index in [9.17, 15) is 0 Å². The monoisotopic (exact) mass is 323 g/mol. The fourth-order valence-corrected chi connectivity index (χ4v) is 3.26. The average molecular weight is 323 g/mol. The Morgan fingerprint density at radius 2 is 1.79 bits per heavy atom. The molecule has 3 heterocycles. The second-order valence-corrected chi connectivity index (χ2v) is 6.38. The molecule has 2 N–H and O–H groups in total. The highest BCUT2D eigenvalue weighted by Crippen LogP contribution is 2.26. The van der Waals surface area contributed by atoms with E-state index in [1.807, 2.05) is 47.1 Å². The third kappa shape index (κ3) is 2.69. The van der Waals surface area contributed by atoms with Gasteiger partial charge in [-0.15, -0.1) is 5.10 Å². The van der Waals surface area contributed by atoms with Crippen molar-refractivity contribution in [2.45, 2.75) is 26.1 Å². The summed E-state index contributed by atoms with van der Waals surface area (Å²) >= 11 is 0. The highest BCUT2D eigenvalue weighted by Gasteiger charge is 2.25. The smallest absolute Gasteiger partial charge is 0.182 e. The third-order valence-corrected chi connectivity index (χ3v) is 4.26. The second kappa shape index (κ2) is 5.79. The summed E-state index contributed by atoms with van der Waals surface area (Å²) in [7, 11) is 0. The first-order valence-corrected chi connectivity index (χ1v) is 8.22. The number of nitrogens with two attached hydrogens (primary N) is 1. The van der Waals surface area contributed by atoms with Crippen LogP contribution in [0.15, 0.2) is 42.6 Å². The zero-order chi connectivity index (χ0) is 16.7. The maximum atomic E-state index is 5.85. The van der Waals surface area contributed by atoms with Gasteiger partial charge in [0.2, 0.25) is 0 Å². The molecule has 4 rings (SSSR count). The van der Waals surface area contributed by atoms with Gasteiger partial charge >= 0.3 is 0 Å². The minimum Gasteiger partial charge on any atom is -0.399 e. The molecule has 1 aliphatic heterocycles. The molecule has 2 aromatic heterocycles. The molecule has 0 saturated carbocycles. The number of aromatic nitrogens is 3. The van der Waals surface area contributed by atoms with Crippen molar-refractivity contribution >= 4 is 17.0 Å². The van der Waals surface area contributed by atoms with E-state index in [4.69, 9.17) is 15.5 Å². The van der Waals surface area contributed by atoms with Crippen molar-refractivity contribution in [2.24, 2.45) is 0 Å². The van der Waals surface area contributed by atoms with Gasteiger partial charge in [-0.2, -0.15) is 0 Å². The van der Waals surface area contributed by atoms with E-state index in [1.54, 1.807) is 0 Å². The Hall–Kier alpha value is -2.60. The Morgan fingerprint density at radius 3 is 2.50 bits per heavy atom. The summed E-state index contributed by atoms with van der Waals surface area (Å²) in [5.74, 6) is 1.64. The predicted octanol–water partition coefficient (Wildman–Crippen LogP) is 2.59. The van der Waals surface area contributed by atoms with E-state index in [-0.39, 0.29) is 12.2 Å². The molecule has 1 aromatic carbocycles. The van der Waals surface area contributed by atoms with Crippen LogP contribution < -0.4 is 10.6 Å². The maximum absolute atomic E-state index is 5.85. The summed E-state index contributed by atoms with van der Waals surface area (Å²) in [5, 5.41) is 4.64. The van der Waals surface area contributed by atoms with Crippen LogP contribution in [0.2, 0.25) is 0 Å². The van der Waals surface area contributed by atoms with Crippen LogP contribution >= 0.6 is 0 Å². The molecule has 0 radical (unpaired) electrons. The van der Waals surface area contributed by atoms with Crippen LogP contribution in [-0.4, -0.2) is 39.9 Å². The number of morpholine rings is 1. The van der Waals surface area contributed by atoms with E-state index < -0.39 is 0 Å². The van der Waals surface area contributed by atoms with Crippen molar-refractivity contribution in [1.29, 1.82) is 0 Å². The van der Waals surface area contributed by atoms with Crippen molar-refractivity contribution in [1.82, 2.24) is 14.6 Å². The molecule has 6 heteroatoms. The van der Waals surface area contributed by atoms with Crippen LogP contribution in [0, 0.1) is 0 Å². The van der Waals surface area contributed by atoms with Gasteiger partial charge < -0.3 is 15.4 Å². The first kappa shape index (κ1) is 15.0. The number of hydrogen-bond acceptors (Lipinski definition) is 5. The number of hydrogen-bond donors (Lipinski definition) is 1. The first-order valence-electron chi connectivity index (χ1n) is 8.22. The zero-order valence-electron chi connectivity index (χ0n) is 13.9. The fourth-order valence-electron chi connectivity index (χ4n) is 3.26. The largest absolute Gasteiger partial charge is 0.399 e. The normalized spacial score (nSPS) is 21.3. The molecule has 0 bridgehead atoms. The van der Waals surface area contributed by atoms with Crippen LogP contribution in [-0.2, 0) is 4.74 Å². The van der Waals surface area contributed by atoms with E-state index in [2.05, 4.69) is 23.8 Å². The van der Waals surface area contributed by atoms with Crippen molar-refractivity contribution in [2.75, 3.05) is 23.7 Å². The average Bonchev–Trinajstić information content (AvgIpc) is 3.02. The summed E-state index contributed by atoms with van der Waals surface area (Å²) in [4.78, 5) is 7.15. The fraction of sp³-hybridized carbons (Fsp3) is 0.333. The van der Waals surface area contributed by atoms with E-state index >= 15 is 0 Å². The van der Waals surface area contributed by atoms with Gasteiger partial charge in [-0.3, -0.25) is 0 Å². The Balaban J connectivity index is 1.82. The molecule has 3 aromatic rings. The maximum Gasteiger partial charge on any atom is 0.182 e. The molecule has 0 unspecified atom stereocenters. The number of fused-ring (bicyclic) bond motifs is 1. The molecule has 1 aliphatic rings. The third-order valence-electron chi connectivity index (χ3n) is 4.26. The second-order valence-electron chi connectivity index (χ2n) is 6.38. The van der Waals surface area contributed by atoms with Gasteiger partial charge in [0.15, 0.2) is 11.6 Å². The molecule has 6 nitrogen and oxygen atoms in total. The topological polar surface area (TPSA) is 68.7 Å². The first-order chi connectivity index (χ1) is 11.6. The van der Waals surface area contributed by atoms with Gasteiger partial charge in [-0.05, 0) is 50.2 Å². The van der Waals surface area contributed by atoms with Crippen LogP contribution in [0.4, 0.5) is 11.5 Å². The molecule has 1 fully saturated rings.